The van der Waals surface area contributed by atoms with Crippen LogP contribution in [0, 0.1) is 0 Å². The molecule has 4 heteroatoms. The van der Waals surface area contributed by atoms with Gasteiger partial charge in [0.2, 0.25) is 0 Å². The summed E-state index contributed by atoms with van der Waals surface area (Å²) in [4.78, 5) is 2.51. The van der Waals surface area contributed by atoms with Crippen molar-refractivity contribution in [2.75, 3.05) is 40.4 Å². The number of nitrogens with zero attached hydrogens (tertiary/aromatic N) is 1. The number of hydrogen-bond donors (Lipinski definition) is 1. The average Bonchev–Trinajstić information content (AvgIpc) is 2.96. The average molecular weight is 264 g/mol. The fraction of sp³-hybridized carbons (Fsp3) is 0.600. The van der Waals surface area contributed by atoms with E-state index in [4.69, 9.17) is 9.47 Å². The van der Waals surface area contributed by atoms with Crippen molar-refractivity contribution in [3.8, 4) is 11.5 Å². The number of benzene rings is 1. The van der Waals surface area contributed by atoms with E-state index in [1.807, 2.05) is 18.2 Å². The summed E-state index contributed by atoms with van der Waals surface area (Å²) in [6, 6.07) is 5.99. The quantitative estimate of drug-likeness (QED) is 0.763. The molecule has 19 heavy (non-hydrogen) atoms. The summed E-state index contributed by atoms with van der Waals surface area (Å²) in [5.74, 6) is 1.69. The van der Waals surface area contributed by atoms with Gasteiger partial charge in [-0.2, -0.15) is 0 Å². The van der Waals surface area contributed by atoms with Crippen molar-refractivity contribution < 1.29 is 9.47 Å². The molecule has 0 atom stereocenters. The smallest absolute Gasteiger partial charge is 0.122 e. The monoisotopic (exact) mass is 264 g/mol. The van der Waals surface area contributed by atoms with E-state index in [9.17, 15) is 0 Å². The molecular formula is C15H24N2O2. The molecule has 0 radical (unpaired) electrons. The highest BCUT2D eigenvalue weighted by Gasteiger charge is 2.10. The maximum atomic E-state index is 5.27. The van der Waals surface area contributed by atoms with Crippen LogP contribution in [-0.4, -0.2) is 45.3 Å². The lowest BCUT2D eigenvalue weighted by Crippen LogP contribution is -2.29. The first-order valence-corrected chi connectivity index (χ1v) is 6.97. The van der Waals surface area contributed by atoms with E-state index in [0.717, 1.165) is 31.1 Å². The molecule has 1 aromatic carbocycles. The zero-order chi connectivity index (χ0) is 13.5. The number of methoxy groups -OCH3 is 2. The highest BCUT2D eigenvalue weighted by Crippen LogP contribution is 2.22. The Bertz CT molecular complexity index is 367. The van der Waals surface area contributed by atoms with Gasteiger partial charge in [-0.3, -0.25) is 0 Å². The molecule has 0 saturated carbocycles. The van der Waals surface area contributed by atoms with Crippen LogP contribution in [0.3, 0.4) is 0 Å². The molecule has 1 N–H and O–H groups in total. The summed E-state index contributed by atoms with van der Waals surface area (Å²) in [6.45, 7) is 5.53. The fourth-order valence-electron chi connectivity index (χ4n) is 2.44. The van der Waals surface area contributed by atoms with Gasteiger partial charge < -0.3 is 19.7 Å². The van der Waals surface area contributed by atoms with E-state index < -0.39 is 0 Å². The summed E-state index contributed by atoms with van der Waals surface area (Å²) in [6.07, 6.45) is 2.71. The second-order valence-corrected chi connectivity index (χ2v) is 4.95. The Labute approximate surface area is 115 Å². The van der Waals surface area contributed by atoms with E-state index in [-0.39, 0.29) is 0 Å². The third-order valence-electron chi connectivity index (χ3n) is 3.54. The maximum Gasteiger partial charge on any atom is 0.122 e. The topological polar surface area (TPSA) is 33.7 Å². The van der Waals surface area contributed by atoms with Crippen LogP contribution in [-0.2, 0) is 6.54 Å². The Hall–Kier alpha value is -1.26. The van der Waals surface area contributed by atoms with Crippen molar-refractivity contribution in [2.24, 2.45) is 0 Å². The van der Waals surface area contributed by atoms with Gasteiger partial charge in [-0.05, 0) is 43.6 Å². The molecule has 0 aromatic heterocycles. The molecule has 1 saturated heterocycles. The molecule has 2 rings (SSSR count). The van der Waals surface area contributed by atoms with E-state index >= 15 is 0 Å². The molecule has 0 spiro atoms. The SMILES string of the molecule is COc1cc(CNCCN2CCCC2)cc(OC)c1. The van der Waals surface area contributed by atoms with Crippen molar-refractivity contribution in [3.63, 3.8) is 0 Å². The Morgan fingerprint density at radius 2 is 1.68 bits per heavy atom. The van der Waals surface area contributed by atoms with Gasteiger partial charge in [0.15, 0.2) is 0 Å². The summed E-state index contributed by atoms with van der Waals surface area (Å²) < 4.78 is 10.5. The molecule has 1 heterocycles. The van der Waals surface area contributed by atoms with Crippen molar-refractivity contribution in [1.82, 2.24) is 10.2 Å². The van der Waals surface area contributed by atoms with Crippen molar-refractivity contribution in [2.45, 2.75) is 19.4 Å². The lowest BCUT2D eigenvalue weighted by Gasteiger charge is -2.15. The van der Waals surface area contributed by atoms with Crippen molar-refractivity contribution in [3.05, 3.63) is 23.8 Å². The number of ether oxygens (including phenoxy) is 2. The van der Waals surface area contributed by atoms with Crippen molar-refractivity contribution in [1.29, 1.82) is 0 Å². The lowest BCUT2D eigenvalue weighted by molar-refractivity contribution is 0.335. The molecule has 0 amide bonds. The van der Waals surface area contributed by atoms with Gasteiger partial charge >= 0.3 is 0 Å². The van der Waals surface area contributed by atoms with Crippen LogP contribution in [0.2, 0.25) is 0 Å². The Balaban J connectivity index is 1.77. The highest BCUT2D eigenvalue weighted by atomic mass is 16.5. The van der Waals surface area contributed by atoms with Gasteiger partial charge in [0, 0.05) is 25.7 Å². The van der Waals surface area contributed by atoms with E-state index in [2.05, 4.69) is 10.2 Å². The third kappa shape index (κ3) is 4.40. The minimum atomic E-state index is 0.843. The van der Waals surface area contributed by atoms with Gasteiger partial charge in [-0.15, -0.1) is 0 Å². The van der Waals surface area contributed by atoms with Crippen LogP contribution in [0.4, 0.5) is 0 Å². The largest absolute Gasteiger partial charge is 0.497 e. The fourth-order valence-corrected chi connectivity index (χ4v) is 2.44. The summed E-state index contributed by atoms with van der Waals surface area (Å²) in [5, 5.41) is 3.48. The Morgan fingerprint density at radius 3 is 2.26 bits per heavy atom. The lowest BCUT2D eigenvalue weighted by atomic mass is 10.2. The predicted octanol–water partition coefficient (Wildman–Crippen LogP) is 1.89. The number of nitrogens with one attached hydrogen (secondary N) is 1. The summed E-state index contributed by atoms with van der Waals surface area (Å²) in [5.41, 5.74) is 1.19. The highest BCUT2D eigenvalue weighted by molar-refractivity contribution is 5.38. The third-order valence-corrected chi connectivity index (χ3v) is 3.54. The predicted molar refractivity (Wildman–Crippen MR) is 76.9 cm³/mol. The number of rotatable bonds is 7. The summed E-state index contributed by atoms with van der Waals surface area (Å²) in [7, 11) is 3.36. The second-order valence-electron chi connectivity index (χ2n) is 4.95. The number of hydrogen-bond acceptors (Lipinski definition) is 4. The van der Waals surface area contributed by atoms with Crippen LogP contribution in [0.5, 0.6) is 11.5 Å². The minimum absolute atomic E-state index is 0.843. The van der Waals surface area contributed by atoms with Crippen LogP contribution in [0.15, 0.2) is 18.2 Å². The zero-order valence-corrected chi connectivity index (χ0v) is 11.9. The Morgan fingerprint density at radius 1 is 1.05 bits per heavy atom. The first-order chi connectivity index (χ1) is 9.31. The molecule has 4 nitrogen and oxygen atoms in total. The molecule has 1 aliphatic rings. The molecule has 106 valence electrons. The van der Waals surface area contributed by atoms with Crippen LogP contribution >= 0.6 is 0 Å². The molecule has 1 fully saturated rings. The number of likely N-dealkylation sites (tertiary alicyclic amines) is 1. The van der Waals surface area contributed by atoms with E-state index in [1.54, 1.807) is 14.2 Å². The molecule has 0 bridgehead atoms. The molecule has 1 aromatic rings. The molecular weight excluding hydrogens is 240 g/mol. The van der Waals surface area contributed by atoms with Gasteiger partial charge in [-0.25, -0.2) is 0 Å². The van der Waals surface area contributed by atoms with E-state index in [0.29, 0.717) is 0 Å². The normalized spacial score (nSPS) is 15.7. The Kier molecular flexibility index (Phi) is 5.48. The molecule has 0 unspecified atom stereocenters. The first-order valence-electron chi connectivity index (χ1n) is 6.97. The standard InChI is InChI=1S/C15H24N2O2/c1-18-14-9-13(10-15(11-14)19-2)12-16-5-8-17-6-3-4-7-17/h9-11,16H,3-8,12H2,1-2H3. The first kappa shape index (κ1) is 14.2. The van der Waals surface area contributed by atoms with Crippen LogP contribution < -0.4 is 14.8 Å². The molecule has 0 aliphatic carbocycles. The zero-order valence-electron chi connectivity index (χ0n) is 11.9. The van der Waals surface area contributed by atoms with Gasteiger partial charge in [-0.1, -0.05) is 0 Å². The van der Waals surface area contributed by atoms with Crippen LogP contribution in [0.1, 0.15) is 18.4 Å². The van der Waals surface area contributed by atoms with Crippen LogP contribution in [0.25, 0.3) is 0 Å². The minimum Gasteiger partial charge on any atom is -0.497 e. The van der Waals surface area contributed by atoms with E-state index in [1.165, 1.54) is 31.5 Å². The summed E-state index contributed by atoms with van der Waals surface area (Å²) >= 11 is 0. The van der Waals surface area contributed by atoms with Gasteiger partial charge in [0.1, 0.15) is 11.5 Å². The second kappa shape index (κ2) is 7.36. The van der Waals surface area contributed by atoms with Gasteiger partial charge in [0.05, 0.1) is 14.2 Å². The maximum absolute atomic E-state index is 5.27. The van der Waals surface area contributed by atoms with Gasteiger partial charge in [0.25, 0.3) is 0 Å². The van der Waals surface area contributed by atoms with Crippen molar-refractivity contribution >= 4 is 0 Å². The molecule has 1 aliphatic heterocycles.